The molecule has 2 rings (SSSR count). The van der Waals surface area contributed by atoms with E-state index in [1.807, 2.05) is 18.2 Å². The first-order valence-electron chi connectivity index (χ1n) is 6.79. The van der Waals surface area contributed by atoms with E-state index < -0.39 is 0 Å². The van der Waals surface area contributed by atoms with Crippen molar-refractivity contribution in [3.63, 3.8) is 0 Å². The van der Waals surface area contributed by atoms with Gasteiger partial charge in [-0.05, 0) is 61.3 Å². The molecule has 0 fully saturated rings. The van der Waals surface area contributed by atoms with Gasteiger partial charge in [0.1, 0.15) is 5.75 Å². The van der Waals surface area contributed by atoms with Crippen molar-refractivity contribution in [2.24, 2.45) is 0 Å². The Balaban J connectivity index is 1.95. The number of hydrogen-bond acceptors (Lipinski definition) is 5. The highest BCUT2D eigenvalue weighted by Crippen LogP contribution is 2.27. The minimum Gasteiger partial charge on any atom is -0.483 e. The van der Waals surface area contributed by atoms with Crippen LogP contribution in [0, 0.1) is 6.92 Å². The molecule has 0 aliphatic carbocycles. The molecular formula is C15H20BrN3O2. The van der Waals surface area contributed by atoms with E-state index in [1.165, 1.54) is 5.56 Å². The van der Waals surface area contributed by atoms with Gasteiger partial charge in [-0.25, -0.2) is 0 Å². The predicted octanol–water partition coefficient (Wildman–Crippen LogP) is 3.61. The van der Waals surface area contributed by atoms with Crippen LogP contribution in [0.2, 0.25) is 0 Å². The highest BCUT2D eigenvalue weighted by atomic mass is 79.9. The van der Waals surface area contributed by atoms with Crippen LogP contribution in [0.15, 0.2) is 27.2 Å². The second-order valence-corrected chi connectivity index (χ2v) is 6.75. The summed E-state index contributed by atoms with van der Waals surface area (Å²) in [6, 6.07) is 6.03. The van der Waals surface area contributed by atoms with Gasteiger partial charge in [-0.2, -0.15) is 4.98 Å². The summed E-state index contributed by atoms with van der Waals surface area (Å²) in [4.78, 5) is 4.10. The predicted molar refractivity (Wildman–Crippen MR) is 84.1 cm³/mol. The summed E-state index contributed by atoms with van der Waals surface area (Å²) in [6.07, 6.45) is 0. The molecule has 6 heteroatoms. The van der Waals surface area contributed by atoms with Crippen molar-refractivity contribution in [1.29, 1.82) is 0 Å². The summed E-state index contributed by atoms with van der Waals surface area (Å²) in [5.74, 6) is 1.83. The summed E-state index contributed by atoms with van der Waals surface area (Å²) >= 11 is 3.53. The lowest BCUT2D eigenvalue weighted by atomic mass is 10.1. The van der Waals surface area contributed by atoms with Gasteiger partial charge in [0.2, 0.25) is 0 Å². The average Bonchev–Trinajstić information content (AvgIpc) is 2.80. The SMILES string of the molecule is Cc1noc(COc2ccc(CNC(C)(C)C)cc2Br)n1. The Morgan fingerprint density at radius 3 is 2.67 bits per heavy atom. The quantitative estimate of drug-likeness (QED) is 0.889. The molecule has 0 atom stereocenters. The number of hydrogen-bond donors (Lipinski definition) is 1. The summed E-state index contributed by atoms with van der Waals surface area (Å²) < 4.78 is 11.6. The molecule has 0 aliphatic heterocycles. The molecule has 114 valence electrons. The monoisotopic (exact) mass is 353 g/mol. The normalized spacial score (nSPS) is 11.7. The van der Waals surface area contributed by atoms with Crippen molar-refractivity contribution in [3.05, 3.63) is 40.0 Å². The van der Waals surface area contributed by atoms with Gasteiger partial charge in [0.15, 0.2) is 12.4 Å². The zero-order chi connectivity index (χ0) is 15.5. The van der Waals surface area contributed by atoms with Crippen molar-refractivity contribution >= 4 is 15.9 Å². The summed E-state index contributed by atoms with van der Waals surface area (Å²) in [7, 11) is 0. The van der Waals surface area contributed by atoms with E-state index in [0.717, 1.165) is 16.8 Å². The fourth-order valence-corrected chi connectivity index (χ4v) is 2.22. The number of nitrogens with one attached hydrogen (secondary N) is 1. The molecule has 0 saturated heterocycles. The number of nitrogens with zero attached hydrogens (tertiary/aromatic N) is 2. The zero-order valence-corrected chi connectivity index (χ0v) is 14.3. The van der Waals surface area contributed by atoms with Crippen LogP contribution >= 0.6 is 15.9 Å². The maximum Gasteiger partial charge on any atom is 0.264 e. The maximum absolute atomic E-state index is 5.67. The number of rotatable bonds is 5. The molecule has 5 nitrogen and oxygen atoms in total. The third-order valence-electron chi connectivity index (χ3n) is 2.74. The van der Waals surface area contributed by atoms with Gasteiger partial charge in [0.05, 0.1) is 4.47 Å². The van der Waals surface area contributed by atoms with Crippen LogP contribution in [0.3, 0.4) is 0 Å². The fourth-order valence-electron chi connectivity index (χ4n) is 1.68. The van der Waals surface area contributed by atoms with Crippen LogP contribution in [0.5, 0.6) is 5.75 Å². The third-order valence-corrected chi connectivity index (χ3v) is 3.36. The maximum atomic E-state index is 5.67. The van der Waals surface area contributed by atoms with E-state index in [1.54, 1.807) is 6.92 Å². The lowest BCUT2D eigenvalue weighted by Gasteiger charge is -2.20. The molecule has 0 amide bonds. The van der Waals surface area contributed by atoms with Crippen molar-refractivity contribution in [2.45, 2.75) is 46.4 Å². The second-order valence-electron chi connectivity index (χ2n) is 5.89. The van der Waals surface area contributed by atoms with Crippen LogP contribution < -0.4 is 10.1 Å². The topological polar surface area (TPSA) is 60.2 Å². The van der Waals surface area contributed by atoms with Gasteiger partial charge >= 0.3 is 0 Å². The standard InChI is InChI=1S/C15H20BrN3O2/c1-10-18-14(21-19-10)9-20-13-6-5-11(7-12(13)16)8-17-15(2,3)4/h5-7,17H,8-9H2,1-4H3. The minimum absolute atomic E-state index is 0.0947. The first kappa shape index (κ1) is 16.0. The molecule has 1 heterocycles. The van der Waals surface area contributed by atoms with Gasteiger partial charge < -0.3 is 14.6 Å². The summed E-state index contributed by atoms with van der Waals surface area (Å²) in [5, 5.41) is 7.18. The van der Waals surface area contributed by atoms with E-state index in [-0.39, 0.29) is 12.1 Å². The van der Waals surface area contributed by atoms with Crippen LogP contribution in [0.4, 0.5) is 0 Å². The smallest absolute Gasteiger partial charge is 0.264 e. The first-order valence-corrected chi connectivity index (χ1v) is 7.58. The fraction of sp³-hybridized carbons (Fsp3) is 0.467. The van der Waals surface area contributed by atoms with Crippen LogP contribution in [0.25, 0.3) is 0 Å². The zero-order valence-electron chi connectivity index (χ0n) is 12.7. The van der Waals surface area contributed by atoms with Crippen molar-refractivity contribution < 1.29 is 9.26 Å². The Bertz CT molecular complexity index is 605. The number of aryl methyl sites for hydroxylation is 1. The molecular weight excluding hydrogens is 334 g/mol. The second kappa shape index (κ2) is 6.58. The van der Waals surface area contributed by atoms with E-state index in [9.17, 15) is 0 Å². The molecule has 1 N–H and O–H groups in total. The lowest BCUT2D eigenvalue weighted by Crippen LogP contribution is -2.35. The summed E-state index contributed by atoms with van der Waals surface area (Å²) in [5.41, 5.74) is 1.29. The van der Waals surface area contributed by atoms with Crippen molar-refractivity contribution in [3.8, 4) is 5.75 Å². The Morgan fingerprint density at radius 2 is 2.10 bits per heavy atom. The molecule has 0 saturated carbocycles. The molecule has 1 aromatic heterocycles. The lowest BCUT2D eigenvalue weighted by molar-refractivity contribution is 0.241. The Morgan fingerprint density at radius 1 is 1.33 bits per heavy atom. The van der Waals surface area contributed by atoms with Gasteiger partial charge in [0, 0.05) is 12.1 Å². The van der Waals surface area contributed by atoms with Crippen LogP contribution in [-0.4, -0.2) is 15.7 Å². The van der Waals surface area contributed by atoms with Gasteiger partial charge in [-0.15, -0.1) is 0 Å². The number of ether oxygens (including phenoxy) is 1. The number of benzene rings is 1. The van der Waals surface area contributed by atoms with Crippen LogP contribution in [-0.2, 0) is 13.2 Å². The first-order chi connectivity index (χ1) is 9.83. The van der Waals surface area contributed by atoms with E-state index >= 15 is 0 Å². The molecule has 0 aliphatic rings. The molecule has 0 bridgehead atoms. The number of halogens is 1. The Hall–Kier alpha value is -1.40. The van der Waals surface area contributed by atoms with Gasteiger partial charge in [0.25, 0.3) is 5.89 Å². The van der Waals surface area contributed by atoms with E-state index in [2.05, 4.69) is 52.2 Å². The molecule has 0 unspecified atom stereocenters. The summed E-state index contributed by atoms with van der Waals surface area (Å²) in [6.45, 7) is 9.29. The van der Waals surface area contributed by atoms with Crippen molar-refractivity contribution in [2.75, 3.05) is 0 Å². The van der Waals surface area contributed by atoms with Gasteiger partial charge in [-0.3, -0.25) is 0 Å². The van der Waals surface area contributed by atoms with Crippen LogP contribution in [0.1, 0.15) is 38.0 Å². The molecule has 21 heavy (non-hydrogen) atoms. The average molecular weight is 354 g/mol. The molecule has 0 radical (unpaired) electrons. The van der Waals surface area contributed by atoms with E-state index in [0.29, 0.717) is 11.7 Å². The highest BCUT2D eigenvalue weighted by molar-refractivity contribution is 9.10. The van der Waals surface area contributed by atoms with Crippen molar-refractivity contribution in [1.82, 2.24) is 15.5 Å². The molecule has 1 aromatic carbocycles. The highest BCUT2D eigenvalue weighted by Gasteiger charge is 2.10. The van der Waals surface area contributed by atoms with E-state index in [4.69, 9.17) is 9.26 Å². The molecule has 2 aromatic rings. The largest absolute Gasteiger partial charge is 0.483 e. The number of aromatic nitrogens is 2. The third kappa shape index (κ3) is 5.13. The molecule has 0 spiro atoms. The Kier molecular flexibility index (Phi) is 5.00. The van der Waals surface area contributed by atoms with Gasteiger partial charge in [-0.1, -0.05) is 11.2 Å². The minimum atomic E-state index is 0.0947. The Labute approximate surface area is 133 Å².